The van der Waals surface area contributed by atoms with Crippen molar-refractivity contribution in [3.63, 3.8) is 0 Å². The van der Waals surface area contributed by atoms with Gasteiger partial charge in [-0.2, -0.15) is 0 Å². The molecule has 0 spiro atoms. The highest BCUT2D eigenvalue weighted by Crippen LogP contribution is 2.18. The smallest absolute Gasteiger partial charge is 0.224 e. The third-order valence-electron chi connectivity index (χ3n) is 3.89. The lowest BCUT2D eigenvalue weighted by Crippen LogP contribution is -2.46. The third kappa shape index (κ3) is 3.96. The van der Waals surface area contributed by atoms with Crippen molar-refractivity contribution < 1.29 is 4.79 Å². The molecule has 0 aliphatic carbocycles. The Bertz CT molecular complexity index is 603. The SMILES string of the molecule is Cl.O=C(Cc1cccc2ccccc12)NC1CCCNC1. The van der Waals surface area contributed by atoms with Gasteiger partial charge in [-0.3, -0.25) is 4.79 Å². The molecular weight excluding hydrogens is 284 g/mol. The first-order valence-corrected chi connectivity index (χ1v) is 7.29. The van der Waals surface area contributed by atoms with E-state index in [-0.39, 0.29) is 24.4 Å². The first-order chi connectivity index (χ1) is 9.83. The molecule has 0 radical (unpaired) electrons. The maximum Gasteiger partial charge on any atom is 0.224 e. The molecule has 2 aromatic carbocycles. The van der Waals surface area contributed by atoms with Crippen LogP contribution in [0.1, 0.15) is 18.4 Å². The zero-order chi connectivity index (χ0) is 13.8. The third-order valence-corrected chi connectivity index (χ3v) is 3.89. The molecule has 3 nitrogen and oxygen atoms in total. The highest BCUT2D eigenvalue weighted by molar-refractivity contribution is 5.90. The van der Waals surface area contributed by atoms with Crippen molar-refractivity contribution >= 4 is 29.1 Å². The van der Waals surface area contributed by atoms with Crippen LogP contribution in [0.3, 0.4) is 0 Å². The zero-order valence-corrected chi connectivity index (χ0v) is 12.8. The Morgan fingerprint density at radius 3 is 2.81 bits per heavy atom. The van der Waals surface area contributed by atoms with Crippen molar-refractivity contribution in [2.45, 2.75) is 25.3 Å². The lowest BCUT2D eigenvalue weighted by atomic mass is 10.0. The molecule has 21 heavy (non-hydrogen) atoms. The van der Waals surface area contributed by atoms with Crippen molar-refractivity contribution in [2.75, 3.05) is 13.1 Å². The van der Waals surface area contributed by atoms with Crippen LogP contribution >= 0.6 is 12.4 Å². The highest BCUT2D eigenvalue weighted by atomic mass is 35.5. The number of fused-ring (bicyclic) bond motifs is 1. The van der Waals surface area contributed by atoms with E-state index < -0.39 is 0 Å². The molecule has 2 aromatic rings. The first-order valence-electron chi connectivity index (χ1n) is 7.29. The molecule has 1 aliphatic heterocycles. The molecule has 3 rings (SSSR count). The summed E-state index contributed by atoms with van der Waals surface area (Å²) in [6.45, 7) is 1.96. The maximum absolute atomic E-state index is 12.2. The normalized spacial score (nSPS) is 18.0. The lowest BCUT2D eigenvalue weighted by molar-refractivity contribution is -0.121. The number of hydrogen-bond donors (Lipinski definition) is 2. The molecule has 2 N–H and O–H groups in total. The van der Waals surface area contributed by atoms with E-state index in [1.54, 1.807) is 0 Å². The van der Waals surface area contributed by atoms with Crippen molar-refractivity contribution in [1.82, 2.24) is 10.6 Å². The first kappa shape index (κ1) is 15.8. The van der Waals surface area contributed by atoms with Gasteiger partial charge >= 0.3 is 0 Å². The Kier molecular flexibility index (Phi) is 5.59. The number of carbonyl (C=O) groups is 1. The van der Waals surface area contributed by atoms with E-state index >= 15 is 0 Å². The summed E-state index contributed by atoms with van der Waals surface area (Å²) in [5, 5.41) is 8.81. The topological polar surface area (TPSA) is 41.1 Å². The largest absolute Gasteiger partial charge is 0.352 e. The number of halogens is 1. The second-order valence-corrected chi connectivity index (χ2v) is 5.43. The number of nitrogens with one attached hydrogen (secondary N) is 2. The van der Waals surface area contributed by atoms with Crippen LogP contribution < -0.4 is 10.6 Å². The molecule has 0 bridgehead atoms. The van der Waals surface area contributed by atoms with Crippen molar-refractivity contribution in [3.8, 4) is 0 Å². The predicted molar refractivity (Wildman–Crippen MR) is 88.9 cm³/mol. The monoisotopic (exact) mass is 304 g/mol. The van der Waals surface area contributed by atoms with Crippen LogP contribution in [-0.4, -0.2) is 25.0 Å². The van der Waals surface area contributed by atoms with Crippen LogP contribution in [0.15, 0.2) is 42.5 Å². The van der Waals surface area contributed by atoms with Crippen LogP contribution in [-0.2, 0) is 11.2 Å². The fraction of sp³-hybridized carbons (Fsp3) is 0.353. The Balaban J connectivity index is 0.00000161. The predicted octanol–water partition coefficient (Wildman–Crippen LogP) is 2.67. The van der Waals surface area contributed by atoms with E-state index in [0.717, 1.165) is 31.5 Å². The van der Waals surface area contributed by atoms with Gasteiger partial charge in [-0.1, -0.05) is 42.5 Å². The van der Waals surface area contributed by atoms with Gasteiger partial charge in [0.2, 0.25) is 5.91 Å². The van der Waals surface area contributed by atoms with Gasteiger partial charge < -0.3 is 10.6 Å². The molecule has 1 unspecified atom stereocenters. The summed E-state index contributed by atoms with van der Waals surface area (Å²) in [4.78, 5) is 12.2. The van der Waals surface area contributed by atoms with Crippen molar-refractivity contribution in [1.29, 1.82) is 0 Å². The quantitative estimate of drug-likeness (QED) is 0.915. The number of piperidine rings is 1. The standard InChI is InChI=1S/C17H20N2O.ClH/c20-17(19-15-8-4-10-18-12-15)11-14-7-3-6-13-5-1-2-9-16(13)14;/h1-3,5-7,9,15,18H,4,8,10-12H2,(H,19,20);1H. The summed E-state index contributed by atoms with van der Waals surface area (Å²) < 4.78 is 0. The average molecular weight is 305 g/mol. The van der Waals surface area contributed by atoms with Crippen LogP contribution in [0.2, 0.25) is 0 Å². The van der Waals surface area contributed by atoms with Gasteiger partial charge in [-0.05, 0) is 35.7 Å². The molecule has 112 valence electrons. The van der Waals surface area contributed by atoms with E-state index in [1.165, 1.54) is 10.8 Å². The number of rotatable bonds is 3. The molecule has 1 amide bonds. The summed E-state index contributed by atoms with van der Waals surface area (Å²) in [6.07, 6.45) is 2.67. The summed E-state index contributed by atoms with van der Waals surface area (Å²) in [5.41, 5.74) is 1.10. The molecule has 1 fully saturated rings. The van der Waals surface area contributed by atoms with E-state index in [4.69, 9.17) is 0 Å². The van der Waals surface area contributed by atoms with Gasteiger partial charge in [0, 0.05) is 12.6 Å². The number of amides is 1. The minimum atomic E-state index is 0. The van der Waals surface area contributed by atoms with Crippen LogP contribution in [0.4, 0.5) is 0 Å². The second kappa shape index (κ2) is 7.43. The lowest BCUT2D eigenvalue weighted by Gasteiger charge is -2.23. The summed E-state index contributed by atoms with van der Waals surface area (Å²) in [5.74, 6) is 0.120. The molecule has 1 heterocycles. The number of benzene rings is 2. The molecule has 4 heteroatoms. The van der Waals surface area contributed by atoms with Gasteiger partial charge in [-0.15, -0.1) is 12.4 Å². The highest BCUT2D eigenvalue weighted by Gasteiger charge is 2.15. The fourth-order valence-corrected chi connectivity index (χ4v) is 2.87. The summed E-state index contributed by atoms with van der Waals surface area (Å²) >= 11 is 0. The van der Waals surface area contributed by atoms with Crippen LogP contribution in [0, 0.1) is 0 Å². The molecule has 1 atom stereocenters. The fourth-order valence-electron chi connectivity index (χ4n) is 2.87. The summed E-state index contributed by atoms with van der Waals surface area (Å²) in [6, 6.07) is 14.7. The molecule has 0 aromatic heterocycles. The minimum Gasteiger partial charge on any atom is -0.352 e. The van der Waals surface area contributed by atoms with Gasteiger partial charge in [0.1, 0.15) is 0 Å². The zero-order valence-electron chi connectivity index (χ0n) is 12.0. The van der Waals surface area contributed by atoms with Gasteiger partial charge in [0.05, 0.1) is 6.42 Å². The average Bonchev–Trinajstić information content (AvgIpc) is 2.48. The Morgan fingerprint density at radius 2 is 2.00 bits per heavy atom. The van der Waals surface area contributed by atoms with Gasteiger partial charge in [-0.25, -0.2) is 0 Å². The molecule has 1 saturated heterocycles. The summed E-state index contributed by atoms with van der Waals surface area (Å²) in [7, 11) is 0. The Hall–Kier alpha value is -1.58. The van der Waals surface area contributed by atoms with Crippen molar-refractivity contribution in [2.24, 2.45) is 0 Å². The van der Waals surface area contributed by atoms with Crippen LogP contribution in [0.25, 0.3) is 10.8 Å². The Morgan fingerprint density at radius 1 is 1.19 bits per heavy atom. The van der Waals surface area contributed by atoms with E-state index in [1.807, 2.05) is 24.3 Å². The van der Waals surface area contributed by atoms with Gasteiger partial charge in [0.15, 0.2) is 0 Å². The number of hydrogen-bond acceptors (Lipinski definition) is 2. The minimum absolute atomic E-state index is 0. The van der Waals surface area contributed by atoms with Crippen molar-refractivity contribution in [3.05, 3.63) is 48.0 Å². The van der Waals surface area contributed by atoms with E-state index in [0.29, 0.717) is 6.42 Å². The van der Waals surface area contributed by atoms with Gasteiger partial charge in [0.25, 0.3) is 0 Å². The maximum atomic E-state index is 12.2. The van der Waals surface area contributed by atoms with E-state index in [2.05, 4.69) is 28.8 Å². The molecular formula is C17H21ClN2O. The Labute approximate surface area is 131 Å². The van der Waals surface area contributed by atoms with Crippen LogP contribution in [0.5, 0.6) is 0 Å². The molecule has 0 saturated carbocycles. The second-order valence-electron chi connectivity index (χ2n) is 5.43. The number of carbonyl (C=O) groups excluding carboxylic acids is 1. The molecule has 1 aliphatic rings. The van der Waals surface area contributed by atoms with E-state index in [9.17, 15) is 4.79 Å².